The van der Waals surface area contributed by atoms with Gasteiger partial charge in [-0.2, -0.15) is 0 Å². The molecule has 2 heterocycles. The van der Waals surface area contributed by atoms with Crippen LogP contribution in [-0.4, -0.2) is 22.9 Å². The number of esters is 1. The predicted octanol–water partition coefficient (Wildman–Crippen LogP) is 1.07. The van der Waals surface area contributed by atoms with Crippen molar-refractivity contribution in [1.82, 2.24) is 9.78 Å². The lowest BCUT2D eigenvalue weighted by atomic mass is 10.2. The number of hydrogen-bond donors (Lipinski definition) is 1. The fourth-order valence-electron chi connectivity index (χ4n) is 1.60. The van der Waals surface area contributed by atoms with E-state index < -0.39 is 5.97 Å². The molecule has 1 N–H and O–H groups in total. The first-order valence-corrected chi connectivity index (χ1v) is 4.98. The summed E-state index contributed by atoms with van der Waals surface area (Å²) in [5.74, 6) is 0.413. The van der Waals surface area contributed by atoms with Gasteiger partial charge in [-0.15, -0.1) is 0 Å². The fourth-order valence-corrected chi connectivity index (χ4v) is 1.60. The molecule has 90 valence electrons. The van der Waals surface area contributed by atoms with E-state index in [1.807, 2.05) is 0 Å². The van der Waals surface area contributed by atoms with E-state index in [0.717, 1.165) is 0 Å². The summed E-state index contributed by atoms with van der Waals surface area (Å²) in [6.45, 7) is 1.76. The number of rotatable bonds is 2. The van der Waals surface area contributed by atoms with Crippen LogP contribution >= 0.6 is 0 Å². The summed E-state index contributed by atoms with van der Waals surface area (Å²) in [7, 11) is 2.78. The first-order valence-electron chi connectivity index (χ1n) is 4.98. The highest BCUT2D eigenvalue weighted by atomic mass is 16.5. The van der Waals surface area contributed by atoms with Gasteiger partial charge >= 0.3 is 5.97 Å². The molecule has 6 nitrogen and oxygen atoms in total. The van der Waals surface area contributed by atoms with Crippen LogP contribution in [0.25, 0.3) is 11.3 Å². The zero-order valence-electron chi connectivity index (χ0n) is 9.73. The van der Waals surface area contributed by atoms with Crippen molar-refractivity contribution < 1.29 is 13.9 Å². The normalized spacial score (nSPS) is 10.5. The summed E-state index contributed by atoms with van der Waals surface area (Å²) in [4.78, 5) is 23.4. The van der Waals surface area contributed by atoms with E-state index in [1.54, 1.807) is 19.1 Å². The molecule has 0 aliphatic heterocycles. The lowest BCUT2D eigenvalue weighted by molar-refractivity contribution is 0.0594. The number of carbonyl (C=O) groups excluding carboxylic acids is 1. The quantitative estimate of drug-likeness (QED) is 0.791. The van der Waals surface area contributed by atoms with E-state index in [-0.39, 0.29) is 16.8 Å². The second-order valence-electron chi connectivity index (χ2n) is 3.63. The van der Waals surface area contributed by atoms with E-state index in [2.05, 4.69) is 9.84 Å². The Hall–Kier alpha value is -2.24. The minimum Gasteiger partial charge on any atom is -0.464 e. The zero-order chi connectivity index (χ0) is 12.6. The molecular formula is C11H12N2O4. The predicted molar refractivity (Wildman–Crippen MR) is 59.8 cm³/mol. The second-order valence-corrected chi connectivity index (χ2v) is 3.63. The minimum atomic E-state index is -0.605. The summed E-state index contributed by atoms with van der Waals surface area (Å²) in [5, 5.41) is 2.64. The van der Waals surface area contributed by atoms with Gasteiger partial charge in [-0.3, -0.25) is 14.6 Å². The number of aromatic nitrogens is 2. The van der Waals surface area contributed by atoms with Crippen molar-refractivity contribution in [2.24, 2.45) is 7.05 Å². The van der Waals surface area contributed by atoms with Crippen molar-refractivity contribution in [2.75, 3.05) is 7.11 Å². The maximum atomic E-state index is 11.9. The van der Waals surface area contributed by atoms with Gasteiger partial charge in [0.15, 0.2) is 5.69 Å². The third-order valence-corrected chi connectivity index (χ3v) is 2.42. The molecule has 6 heteroatoms. The van der Waals surface area contributed by atoms with Gasteiger partial charge in [0.25, 0.3) is 5.56 Å². The summed E-state index contributed by atoms with van der Waals surface area (Å²) in [6, 6.07) is 3.37. The molecule has 2 aromatic heterocycles. The largest absolute Gasteiger partial charge is 0.464 e. The van der Waals surface area contributed by atoms with Crippen molar-refractivity contribution in [2.45, 2.75) is 6.92 Å². The number of aromatic amines is 1. The Kier molecular flexibility index (Phi) is 2.63. The third-order valence-electron chi connectivity index (χ3n) is 2.42. The maximum absolute atomic E-state index is 11.9. The van der Waals surface area contributed by atoms with Gasteiger partial charge in [-0.1, -0.05) is 0 Å². The number of methoxy groups -OCH3 is 1. The molecule has 0 atom stereocenters. The Labute approximate surface area is 96.8 Å². The first-order chi connectivity index (χ1) is 8.04. The molecule has 0 spiro atoms. The number of ether oxygens (including phenoxy) is 1. The number of hydrogen-bond acceptors (Lipinski definition) is 4. The van der Waals surface area contributed by atoms with Gasteiger partial charge in [0, 0.05) is 7.05 Å². The van der Waals surface area contributed by atoms with Crippen LogP contribution in [0.3, 0.4) is 0 Å². The Bertz CT molecular complexity index is 618. The molecule has 0 radical (unpaired) electrons. The molecule has 0 amide bonds. The van der Waals surface area contributed by atoms with Crippen LogP contribution in [0.1, 0.15) is 16.2 Å². The zero-order valence-corrected chi connectivity index (χ0v) is 9.73. The highest BCUT2D eigenvalue weighted by Crippen LogP contribution is 2.21. The van der Waals surface area contributed by atoms with E-state index in [4.69, 9.17) is 4.42 Å². The molecule has 0 aromatic carbocycles. The molecule has 0 bridgehead atoms. The lowest BCUT2D eigenvalue weighted by Crippen LogP contribution is -2.12. The SMILES string of the molecule is COC(=O)c1[nH]n(C)c(=O)c1-c1ccc(C)o1. The summed E-state index contributed by atoms with van der Waals surface area (Å²) < 4.78 is 11.2. The smallest absolute Gasteiger partial charge is 0.356 e. The highest BCUT2D eigenvalue weighted by molar-refractivity contribution is 5.94. The summed E-state index contributed by atoms with van der Waals surface area (Å²) >= 11 is 0. The topological polar surface area (TPSA) is 77.2 Å². The number of furan rings is 1. The van der Waals surface area contributed by atoms with Crippen LogP contribution in [0.4, 0.5) is 0 Å². The van der Waals surface area contributed by atoms with Crippen molar-refractivity contribution >= 4 is 5.97 Å². The number of carbonyl (C=O) groups is 1. The van der Waals surface area contributed by atoms with Gasteiger partial charge in [0.2, 0.25) is 0 Å². The van der Waals surface area contributed by atoms with Gasteiger partial charge in [-0.05, 0) is 19.1 Å². The second kappa shape index (κ2) is 3.97. The van der Waals surface area contributed by atoms with Crippen LogP contribution in [0.5, 0.6) is 0 Å². The van der Waals surface area contributed by atoms with Crippen LogP contribution < -0.4 is 5.56 Å². The average molecular weight is 236 g/mol. The first kappa shape index (κ1) is 11.3. The minimum absolute atomic E-state index is 0.0920. The highest BCUT2D eigenvalue weighted by Gasteiger charge is 2.23. The van der Waals surface area contributed by atoms with Gasteiger partial charge in [-0.25, -0.2) is 4.79 Å². The Balaban J connectivity index is 2.67. The summed E-state index contributed by atoms with van der Waals surface area (Å²) in [5.41, 5.74) is -0.0541. The third kappa shape index (κ3) is 1.77. The van der Waals surface area contributed by atoms with Crippen LogP contribution in [0.15, 0.2) is 21.3 Å². The van der Waals surface area contributed by atoms with E-state index >= 15 is 0 Å². The van der Waals surface area contributed by atoms with Crippen molar-refractivity contribution in [3.63, 3.8) is 0 Å². The summed E-state index contributed by atoms with van der Waals surface area (Å²) in [6.07, 6.45) is 0. The van der Waals surface area contributed by atoms with Gasteiger partial charge in [0.1, 0.15) is 17.1 Å². The molecule has 17 heavy (non-hydrogen) atoms. The standard InChI is InChI=1S/C11H12N2O4/c1-6-4-5-7(17-6)8-9(11(15)16-3)12-13(2)10(8)14/h4-5,12H,1-3H3. The van der Waals surface area contributed by atoms with E-state index in [0.29, 0.717) is 11.5 Å². The average Bonchev–Trinajstić information content (AvgIpc) is 2.84. The molecule has 0 aliphatic carbocycles. The Morgan fingerprint density at radius 1 is 1.47 bits per heavy atom. The van der Waals surface area contributed by atoms with Crippen LogP contribution in [0.2, 0.25) is 0 Å². The van der Waals surface area contributed by atoms with Crippen molar-refractivity contribution in [3.05, 3.63) is 33.9 Å². The van der Waals surface area contributed by atoms with Gasteiger partial charge < -0.3 is 9.15 Å². The van der Waals surface area contributed by atoms with Gasteiger partial charge in [0.05, 0.1) is 7.11 Å². The molecule has 0 fully saturated rings. The van der Waals surface area contributed by atoms with E-state index in [1.165, 1.54) is 18.8 Å². The number of aryl methyl sites for hydroxylation is 2. The molecule has 0 saturated heterocycles. The van der Waals surface area contributed by atoms with Crippen molar-refractivity contribution in [3.8, 4) is 11.3 Å². The fraction of sp³-hybridized carbons (Fsp3) is 0.273. The molecule has 0 saturated carbocycles. The van der Waals surface area contributed by atoms with E-state index in [9.17, 15) is 9.59 Å². The van der Waals surface area contributed by atoms with Crippen molar-refractivity contribution in [1.29, 1.82) is 0 Å². The number of nitrogens with zero attached hydrogens (tertiary/aromatic N) is 1. The van der Waals surface area contributed by atoms with Crippen LogP contribution in [0, 0.1) is 6.92 Å². The molecular weight excluding hydrogens is 224 g/mol. The van der Waals surface area contributed by atoms with Crippen LogP contribution in [-0.2, 0) is 11.8 Å². The molecule has 2 rings (SSSR count). The molecule has 0 aliphatic rings. The molecule has 2 aromatic rings. The maximum Gasteiger partial charge on any atom is 0.356 e. The lowest BCUT2D eigenvalue weighted by Gasteiger charge is -1.97. The molecule has 0 unspecified atom stereocenters. The number of H-pyrrole nitrogens is 1. The monoisotopic (exact) mass is 236 g/mol. The Morgan fingerprint density at radius 3 is 2.71 bits per heavy atom. The Morgan fingerprint density at radius 2 is 2.18 bits per heavy atom. The number of nitrogens with one attached hydrogen (secondary N) is 1.